The van der Waals surface area contributed by atoms with Gasteiger partial charge in [0.25, 0.3) is 0 Å². The molecule has 0 amide bonds. The number of phenolic OH excluding ortho intramolecular Hbond substituents is 1. The fourth-order valence-corrected chi connectivity index (χ4v) is 3.14. The first-order valence-corrected chi connectivity index (χ1v) is 8.78. The van der Waals surface area contributed by atoms with Crippen molar-refractivity contribution in [1.29, 1.82) is 0 Å². The molecule has 0 heterocycles. The number of nitrogens with zero attached hydrogens (tertiary/aromatic N) is 1. The summed E-state index contributed by atoms with van der Waals surface area (Å²) in [6.45, 7) is 3.06. The van der Waals surface area contributed by atoms with Gasteiger partial charge in [-0.2, -0.15) is 13.2 Å². The normalized spacial score (nSPS) is 21.8. The molecule has 25 heavy (non-hydrogen) atoms. The number of hydrogen-bond donors (Lipinski definition) is 3. The summed E-state index contributed by atoms with van der Waals surface area (Å²) in [6, 6.07) is 6.77. The quantitative estimate of drug-likeness (QED) is 0.557. The summed E-state index contributed by atoms with van der Waals surface area (Å²) in [7, 11) is 0. The highest BCUT2D eigenvalue weighted by molar-refractivity contribution is 5.80. The van der Waals surface area contributed by atoms with Gasteiger partial charge >= 0.3 is 6.18 Å². The Morgan fingerprint density at radius 1 is 1.32 bits per heavy atom. The average Bonchev–Trinajstić information content (AvgIpc) is 2.54. The second kappa shape index (κ2) is 8.97. The number of rotatable bonds is 5. The van der Waals surface area contributed by atoms with E-state index in [1.807, 2.05) is 13.0 Å². The zero-order chi connectivity index (χ0) is 18.3. The minimum atomic E-state index is -4.12. The van der Waals surface area contributed by atoms with Gasteiger partial charge in [0.1, 0.15) is 5.75 Å². The third kappa shape index (κ3) is 6.48. The molecule has 7 heteroatoms. The number of nitrogens with one attached hydrogen (secondary N) is 2. The molecule has 1 aromatic carbocycles. The average molecular weight is 357 g/mol. The first-order chi connectivity index (χ1) is 11.9. The molecule has 1 fully saturated rings. The van der Waals surface area contributed by atoms with Crippen LogP contribution in [0.25, 0.3) is 0 Å². The molecule has 140 valence electrons. The van der Waals surface area contributed by atoms with E-state index in [0.717, 1.165) is 12.0 Å². The summed E-state index contributed by atoms with van der Waals surface area (Å²) in [5, 5.41) is 15.7. The van der Waals surface area contributed by atoms with Gasteiger partial charge in [0.15, 0.2) is 5.96 Å². The molecular formula is C18H26F3N3O. The molecule has 3 N–H and O–H groups in total. The Bertz CT molecular complexity index is 575. The summed E-state index contributed by atoms with van der Waals surface area (Å²) in [4.78, 5) is 4.45. The molecule has 2 rings (SSSR count). The van der Waals surface area contributed by atoms with Crippen LogP contribution < -0.4 is 10.6 Å². The van der Waals surface area contributed by atoms with E-state index in [1.165, 1.54) is 0 Å². The summed E-state index contributed by atoms with van der Waals surface area (Å²) in [5.41, 5.74) is 0.967. The van der Waals surface area contributed by atoms with Gasteiger partial charge in [0.05, 0.1) is 5.92 Å². The van der Waals surface area contributed by atoms with Crippen LogP contribution in [-0.2, 0) is 6.42 Å². The Labute approximate surface area is 146 Å². The number of halogens is 3. The largest absolute Gasteiger partial charge is 0.508 e. The van der Waals surface area contributed by atoms with E-state index >= 15 is 0 Å². The summed E-state index contributed by atoms with van der Waals surface area (Å²) in [5.74, 6) is -0.462. The molecule has 0 aliphatic heterocycles. The zero-order valence-electron chi connectivity index (χ0n) is 14.4. The van der Waals surface area contributed by atoms with Gasteiger partial charge < -0.3 is 15.7 Å². The first-order valence-electron chi connectivity index (χ1n) is 8.78. The van der Waals surface area contributed by atoms with E-state index < -0.39 is 12.1 Å². The van der Waals surface area contributed by atoms with Crippen molar-refractivity contribution in [3.8, 4) is 5.75 Å². The summed E-state index contributed by atoms with van der Waals surface area (Å²) >= 11 is 0. The topological polar surface area (TPSA) is 56.7 Å². The number of benzene rings is 1. The molecular weight excluding hydrogens is 331 g/mol. The van der Waals surface area contributed by atoms with Gasteiger partial charge in [-0.1, -0.05) is 18.6 Å². The van der Waals surface area contributed by atoms with Crippen LogP contribution in [0.5, 0.6) is 5.75 Å². The molecule has 1 aliphatic carbocycles. The van der Waals surface area contributed by atoms with E-state index in [1.54, 1.807) is 18.2 Å². The van der Waals surface area contributed by atoms with Crippen molar-refractivity contribution < 1.29 is 18.3 Å². The van der Waals surface area contributed by atoms with Crippen LogP contribution in [-0.4, -0.2) is 36.4 Å². The molecule has 1 saturated carbocycles. The molecule has 0 spiro atoms. The highest BCUT2D eigenvalue weighted by Gasteiger charge is 2.42. The van der Waals surface area contributed by atoms with E-state index in [2.05, 4.69) is 15.6 Å². The van der Waals surface area contributed by atoms with Gasteiger partial charge in [-0.25, -0.2) is 0 Å². The monoisotopic (exact) mass is 357 g/mol. The van der Waals surface area contributed by atoms with Crippen molar-refractivity contribution in [2.24, 2.45) is 10.9 Å². The molecule has 2 unspecified atom stereocenters. The highest BCUT2D eigenvalue weighted by atomic mass is 19.4. The number of guanidine groups is 1. The lowest BCUT2D eigenvalue weighted by Crippen LogP contribution is -2.46. The van der Waals surface area contributed by atoms with Crippen LogP contribution in [0.2, 0.25) is 0 Å². The number of aromatic hydroxyl groups is 1. The van der Waals surface area contributed by atoms with Gasteiger partial charge in [0, 0.05) is 19.1 Å². The predicted molar refractivity (Wildman–Crippen MR) is 92.7 cm³/mol. The molecule has 4 nitrogen and oxygen atoms in total. The maximum atomic E-state index is 12.9. The smallest absolute Gasteiger partial charge is 0.391 e. The number of aliphatic imine (C=N–C) groups is 1. The lowest BCUT2D eigenvalue weighted by Gasteiger charge is -2.31. The van der Waals surface area contributed by atoms with Gasteiger partial charge in [-0.3, -0.25) is 4.99 Å². The molecule has 0 aromatic heterocycles. The maximum Gasteiger partial charge on any atom is 0.391 e. The third-order valence-electron chi connectivity index (χ3n) is 4.40. The SMILES string of the molecule is CCNC(=NCCc1cccc(O)c1)NC1CCCC(C(F)(F)F)C1. The Balaban J connectivity index is 1.90. The van der Waals surface area contributed by atoms with Crippen LogP contribution in [0, 0.1) is 5.92 Å². The minimum Gasteiger partial charge on any atom is -0.508 e. The Kier molecular flexibility index (Phi) is 6.96. The zero-order valence-corrected chi connectivity index (χ0v) is 14.4. The van der Waals surface area contributed by atoms with Crippen LogP contribution in [0.1, 0.15) is 38.2 Å². The Morgan fingerprint density at radius 2 is 2.12 bits per heavy atom. The lowest BCUT2D eigenvalue weighted by molar-refractivity contribution is -0.183. The van der Waals surface area contributed by atoms with Crippen molar-refractivity contribution in [2.75, 3.05) is 13.1 Å². The lowest BCUT2D eigenvalue weighted by atomic mass is 9.85. The maximum absolute atomic E-state index is 12.9. The fourth-order valence-electron chi connectivity index (χ4n) is 3.14. The fraction of sp³-hybridized carbons (Fsp3) is 0.611. The van der Waals surface area contributed by atoms with Crippen LogP contribution in [0.3, 0.4) is 0 Å². The minimum absolute atomic E-state index is 0.0977. The van der Waals surface area contributed by atoms with Crippen LogP contribution in [0.15, 0.2) is 29.3 Å². The molecule has 0 bridgehead atoms. The Hall–Kier alpha value is -1.92. The van der Waals surface area contributed by atoms with E-state index in [9.17, 15) is 18.3 Å². The van der Waals surface area contributed by atoms with Crippen molar-refractivity contribution in [3.05, 3.63) is 29.8 Å². The van der Waals surface area contributed by atoms with Crippen molar-refractivity contribution in [2.45, 2.75) is 51.2 Å². The van der Waals surface area contributed by atoms with Gasteiger partial charge in [-0.15, -0.1) is 0 Å². The van der Waals surface area contributed by atoms with Crippen LogP contribution >= 0.6 is 0 Å². The molecule has 2 atom stereocenters. The second-order valence-corrected chi connectivity index (χ2v) is 6.43. The highest BCUT2D eigenvalue weighted by Crippen LogP contribution is 2.37. The Morgan fingerprint density at radius 3 is 2.80 bits per heavy atom. The number of hydrogen-bond acceptors (Lipinski definition) is 2. The predicted octanol–water partition coefficient (Wildman–Crippen LogP) is 3.61. The molecule has 0 radical (unpaired) electrons. The summed E-state index contributed by atoms with van der Waals surface area (Å²) < 4.78 is 38.8. The molecule has 1 aromatic rings. The van der Waals surface area contributed by atoms with E-state index in [4.69, 9.17) is 0 Å². The van der Waals surface area contributed by atoms with Crippen molar-refractivity contribution in [3.63, 3.8) is 0 Å². The van der Waals surface area contributed by atoms with Crippen molar-refractivity contribution in [1.82, 2.24) is 10.6 Å². The number of phenols is 1. The molecule has 0 saturated heterocycles. The number of alkyl halides is 3. The standard InChI is InChI=1S/C18H26F3N3O/c1-2-22-17(23-10-9-13-5-3-8-16(25)11-13)24-15-7-4-6-14(12-15)18(19,20)21/h3,5,8,11,14-15,25H,2,4,6-7,9-10,12H2,1H3,(H2,22,23,24). The van der Waals surface area contributed by atoms with E-state index in [0.29, 0.717) is 31.9 Å². The van der Waals surface area contributed by atoms with Crippen LogP contribution in [0.4, 0.5) is 13.2 Å². The summed E-state index contributed by atoms with van der Waals surface area (Å²) in [6.07, 6.45) is -1.85. The van der Waals surface area contributed by atoms with Gasteiger partial charge in [0.2, 0.25) is 0 Å². The molecule has 1 aliphatic rings. The van der Waals surface area contributed by atoms with Crippen molar-refractivity contribution >= 4 is 5.96 Å². The third-order valence-corrected chi connectivity index (χ3v) is 4.40. The first kappa shape index (κ1) is 19.4. The van der Waals surface area contributed by atoms with Gasteiger partial charge in [-0.05, 0) is 50.3 Å². The second-order valence-electron chi connectivity index (χ2n) is 6.43. The van der Waals surface area contributed by atoms with E-state index in [-0.39, 0.29) is 24.6 Å².